The van der Waals surface area contributed by atoms with E-state index in [1.54, 1.807) is 12.1 Å². The maximum Gasteiger partial charge on any atom is 0.416 e. The number of nitro groups is 1. The van der Waals surface area contributed by atoms with Crippen molar-refractivity contribution >= 4 is 28.7 Å². The van der Waals surface area contributed by atoms with Gasteiger partial charge in [-0.15, -0.1) is 0 Å². The molecule has 0 aliphatic rings. The number of hydrogen-bond acceptors (Lipinski definition) is 7. The van der Waals surface area contributed by atoms with Crippen LogP contribution in [0.3, 0.4) is 0 Å². The number of nitrogens with one attached hydrogen (secondary N) is 2. The van der Waals surface area contributed by atoms with Gasteiger partial charge in [0.15, 0.2) is 0 Å². The van der Waals surface area contributed by atoms with E-state index in [9.17, 15) is 23.3 Å². The molecule has 0 aliphatic carbocycles. The molecular formula is C16H11F3N6O2. The molecule has 0 bridgehead atoms. The fourth-order valence-corrected chi connectivity index (χ4v) is 2.19. The number of anilines is 4. The van der Waals surface area contributed by atoms with Crippen LogP contribution in [0.5, 0.6) is 0 Å². The van der Waals surface area contributed by atoms with Crippen molar-refractivity contribution in [3.05, 3.63) is 70.8 Å². The first-order valence-corrected chi connectivity index (χ1v) is 7.45. The van der Waals surface area contributed by atoms with E-state index in [-0.39, 0.29) is 17.3 Å². The van der Waals surface area contributed by atoms with Crippen LogP contribution < -0.4 is 10.6 Å². The highest BCUT2D eigenvalue weighted by Gasteiger charge is 2.30. The highest BCUT2D eigenvalue weighted by Crippen LogP contribution is 2.34. The zero-order chi connectivity index (χ0) is 19.4. The molecule has 0 spiro atoms. The van der Waals surface area contributed by atoms with Gasteiger partial charge in [-0.2, -0.15) is 13.2 Å². The lowest BCUT2D eigenvalue weighted by molar-refractivity contribution is -0.383. The summed E-state index contributed by atoms with van der Waals surface area (Å²) >= 11 is 0. The molecular weight excluding hydrogens is 365 g/mol. The lowest BCUT2D eigenvalue weighted by Crippen LogP contribution is -2.06. The predicted molar refractivity (Wildman–Crippen MR) is 90.9 cm³/mol. The lowest BCUT2D eigenvalue weighted by atomic mass is 10.2. The topological polar surface area (TPSA) is 106 Å². The molecule has 2 heterocycles. The van der Waals surface area contributed by atoms with Crippen LogP contribution in [0.25, 0.3) is 0 Å². The summed E-state index contributed by atoms with van der Waals surface area (Å²) in [5.41, 5.74) is -0.609. The Bertz CT molecular complexity index is 949. The van der Waals surface area contributed by atoms with Gasteiger partial charge >= 0.3 is 11.9 Å². The van der Waals surface area contributed by atoms with Crippen molar-refractivity contribution in [2.45, 2.75) is 6.18 Å². The van der Waals surface area contributed by atoms with Crippen LogP contribution in [-0.4, -0.2) is 19.9 Å². The molecule has 0 saturated carbocycles. The molecule has 2 aromatic heterocycles. The van der Waals surface area contributed by atoms with Gasteiger partial charge in [-0.3, -0.25) is 15.1 Å². The van der Waals surface area contributed by atoms with Crippen molar-refractivity contribution in [1.29, 1.82) is 0 Å². The first-order chi connectivity index (χ1) is 12.8. The molecule has 3 aromatic rings. The SMILES string of the molecule is O=[N+]([O-])c1c(Nc2ccc(C(F)(F)F)cc2)ncnc1Nc1cccnc1. The van der Waals surface area contributed by atoms with Gasteiger partial charge < -0.3 is 10.6 Å². The molecule has 0 unspecified atom stereocenters. The van der Waals surface area contributed by atoms with Gasteiger partial charge in [0.1, 0.15) is 6.33 Å². The average Bonchev–Trinajstić information content (AvgIpc) is 2.62. The van der Waals surface area contributed by atoms with Gasteiger partial charge in [-0.05, 0) is 36.4 Å². The van der Waals surface area contributed by atoms with Gasteiger partial charge in [-0.1, -0.05) is 0 Å². The number of rotatable bonds is 5. The standard InChI is InChI=1S/C16H11F3N6O2/c17-16(18,19)10-3-5-11(6-4-10)23-14-13(25(26)27)15(22-9-21-14)24-12-2-1-7-20-8-12/h1-9H,(H2,21,22,23,24). The molecule has 1 aromatic carbocycles. The molecule has 8 nitrogen and oxygen atoms in total. The third kappa shape index (κ3) is 4.26. The summed E-state index contributed by atoms with van der Waals surface area (Å²) in [6, 6.07) is 7.32. The molecule has 0 saturated heterocycles. The van der Waals surface area contributed by atoms with E-state index in [1.165, 1.54) is 12.4 Å². The van der Waals surface area contributed by atoms with Crippen molar-refractivity contribution < 1.29 is 18.1 Å². The van der Waals surface area contributed by atoms with E-state index in [1.807, 2.05) is 0 Å². The zero-order valence-corrected chi connectivity index (χ0v) is 13.4. The van der Waals surface area contributed by atoms with Crippen LogP contribution in [-0.2, 0) is 6.18 Å². The summed E-state index contributed by atoms with van der Waals surface area (Å²) in [6.07, 6.45) is -0.385. The number of pyridine rings is 1. The second-order valence-corrected chi connectivity index (χ2v) is 5.24. The number of aromatic nitrogens is 3. The molecule has 0 radical (unpaired) electrons. The zero-order valence-electron chi connectivity index (χ0n) is 13.4. The van der Waals surface area contributed by atoms with E-state index >= 15 is 0 Å². The fraction of sp³-hybridized carbons (Fsp3) is 0.0625. The molecule has 138 valence electrons. The minimum atomic E-state index is -4.47. The molecule has 0 fully saturated rings. The van der Waals surface area contributed by atoms with Crippen LogP contribution in [0.15, 0.2) is 55.1 Å². The van der Waals surface area contributed by atoms with Crippen molar-refractivity contribution in [1.82, 2.24) is 15.0 Å². The summed E-state index contributed by atoms with van der Waals surface area (Å²) in [6.45, 7) is 0. The van der Waals surface area contributed by atoms with Gasteiger partial charge in [0.05, 0.1) is 22.4 Å². The van der Waals surface area contributed by atoms with Crippen molar-refractivity contribution in [3.8, 4) is 0 Å². The van der Waals surface area contributed by atoms with Crippen molar-refractivity contribution in [3.63, 3.8) is 0 Å². The normalized spacial score (nSPS) is 11.1. The van der Waals surface area contributed by atoms with E-state index in [2.05, 4.69) is 25.6 Å². The molecule has 27 heavy (non-hydrogen) atoms. The van der Waals surface area contributed by atoms with Gasteiger partial charge in [-0.25, -0.2) is 9.97 Å². The van der Waals surface area contributed by atoms with Gasteiger partial charge in [0.2, 0.25) is 11.6 Å². The number of hydrogen-bond donors (Lipinski definition) is 2. The summed E-state index contributed by atoms with van der Waals surface area (Å²) in [4.78, 5) is 22.4. The molecule has 0 aliphatic heterocycles. The minimum absolute atomic E-state index is 0.0857. The van der Waals surface area contributed by atoms with E-state index in [0.717, 1.165) is 30.6 Å². The number of halogens is 3. The maximum absolute atomic E-state index is 12.6. The average molecular weight is 376 g/mol. The number of alkyl halides is 3. The highest BCUT2D eigenvalue weighted by molar-refractivity contribution is 5.76. The Morgan fingerprint density at radius 1 is 0.963 bits per heavy atom. The smallest absolute Gasteiger partial charge is 0.334 e. The second-order valence-electron chi connectivity index (χ2n) is 5.24. The lowest BCUT2D eigenvalue weighted by Gasteiger charge is -2.11. The summed E-state index contributed by atoms with van der Waals surface area (Å²) in [7, 11) is 0. The van der Waals surface area contributed by atoms with Crippen LogP contribution in [0.2, 0.25) is 0 Å². The second kappa shape index (κ2) is 7.23. The van der Waals surface area contributed by atoms with Crippen LogP contribution in [0.1, 0.15) is 5.56 Å². The molecule has 3 rings (SSSR count). The number of nitrogens with zero attached hydrogens (tertiary/aromatic N) is 4. The third-order valence-electron chi connectivity index (χ3n) is 3.40. The Labute approximate surface area is 150 Å². The van der Waals surface area contributed by atoms with Crippen LogP contribution in [0.4, 0.5) is 41.9 Å². The summed E-state index contributed by atoms with van der Waals surface area (Å²) in [5, 5.41) is 16.9. The molecule has 11 heteroatoms. The Morgan fingerprint density at radius 2 is 1.59 bits per heavy atom. The Balaban J connectivity index is 1.91. The summed E-state index contributed by atoms with van der Waals surface area (Å²) < 4.78 is 37.9. The van der Waals surface area contributed by atoms with Gasteiger partial charge in [0.25, 0.3) is 0 Å². The molecule has 2 N–H and O–H groups in total. The fourth-order valence-electron chi connectivity index (χ4n) is 2.19. The van der Waals surface area contributed by atoms with Crippen LogP contribution >= 0.6 is 0 Å². The van der Waals surface area contributed by atoms with Crippen LogP contribution in [0, 0.1) is 10.1 Å². The van der Waals surface area contributed by atoms with Crippen molar-refractivity contribution in [2.24, 2.45) is 0 Å². The highest BCUT2D eigenvalue weighted by atomic mass is 19.4. The summed E-state index contributed by atoms with van der Waals surface area (Å²) in [5.74, 6) is -0.251. The third-order valence-corrected chi connectivity index (χ3v) is 3.40. The first kappa shape index (κ1) is 18.0. The Hall–Kier alpha value is -3.76. The van der Waals surface area contributed by atoms with Gasteiger partial charge in [0, 0.05) is 11.9 Å². The van der Waals surface area contributed by atoms with E-state index in [4.69, 9.17) is 0 Å². The number of benzene rings is 1. The van der Waals surface area contributed by atoms with Crippen molar-refractivity contribution in [2.75, 3.05) is 10.6 Å². The van der Waals surface area contributed by atoms with E-state index < -0.39 is 22.4 Å². The quantitative estimate of drug-likeness (QED) is 0.505. The largest absolute Gasteiger partial charge is 0.416 e. The molecule has 0 atom stereocenters. The predicted octanol–water partition coefficient (Wildman–Crippen LogP) is 4.29. The van der Waals surface area contributed by atoms with E-state index in [0.29, 0.717) is 5.69 Å². The molecule has 0 amide bonds. The maximum atomic E-state index is 12.6. The first-order valence-electron chi connectivity index (χ1n) is 7.45. The minimum Gasteiger partial charge on any atom is -0.334 e. The Morgan fingerprint density at radius 3 is 2.11 bits per heavy atom. The monoisotopic (exact) mass is 376 g/mol. The Kier molecular flexibility index (Phi) is 4.83.